The van der Waals surface area contributed by atoms with Crippen molar-refractivity contribution >= 4 is 23.5 Å². The molecule has 0 amide bonds. The van der Waals surface area contributed by atoms with Crippen LogP contribution in [0.3, 0.4) is 0 Å². The normalized spacial score (nSPS) is 20.2. The molecule has 0 radical (unpaired) electrons. The van der Waals surface area contributed by atoms with Gasteiger partial charge in [-0.25, -0.2) is 9.59 Å². The fourth-order valence-corrected chi connectivity index (χ4v) is 5.52. The van der Waals surface area contributed by atoms with Crippen LogP contribution in [-0.2, 0) is 0 Å². The van der Waals surface area contributed by atoms with Gasteiger partial charge in [-0.05, 0) is 35.4 Å². The summed E-state index contributed by atoms with van der Waals surface area (Å²) in [6, 6.07) is 30.4. The third-order valence-electron chi connectivity index (χ3n) is 7.35. The molecule has 6 heteroatoms. The van der Waals surface area contributed by atoms with Crippen LogP contribution >= 0.6 is 0 Å². The molecule has 38 heavy (non-hydrogen) atoms. The molecule has 1 aliphatic rings. The molecule has 2 N–H and O–H groups in total. The lowest BCUT2D eigenvalue weighted by atomic mass is 9.49. The highest BCUT2D eigenvalue weighted by Crippen LogP contribution is 2.59. The summed E-state index contributed by atoms with van der Waals surface area (Å²) in [7, 11) is 0. The summed E-state index contributed by atoms with van der Waals surface area (Å²) in [5, 5.41) is 18.7. The third kappa shape index (κ3) is 4.52. The smallest absolute Gasteiger partial charge is 0.335 e. The van der Waals surface area contributed by atoms with E-state index in [-0.39, 0.29) is 22.7 Å². The minimum absolute atomic E-state index is 0.123. The molecule has 4 aromatic rings. The number of carbonyl (C=O) groups excluding carboxylic acids is 2. The Balaban J connectivity index is 1.65. The number of carboxylic acids is 2. The molecule has 6 nitrogen and oxygen atoms in total. The number of ketones is 2. The molecule has 0 saturated heterocycles. The quantitative estimate of drug-likeness (QED) is 0.287. The van der Waals surface area contributed by atoms with Gasteiger partial charge in [0.25, 0.3) is 0 Å². The standard InChI is InChI=1S/C32H24O6/c33-29(21-7-3-1-4-8-21)27-25(19-11-15-23(16-12-19)31(35)36)26(20-13-17-24(18-14-20)32(37)38)28(27)30(34)22-9-5-2-6-10-22/h1-18,25-28H,(H,35,36)(H,37,38)/t25-,26?,27+,28?/m0/s1. The summed E-state index contributed by atoms with van der Waals surface area (Å²) in [5.41, 5.74) is 2.73. The van der Waals surface area contributed by atoms with Crippen molar-refractivity contribution in [2.75, 3.05) is 0 Å². The fraction of sp³-hybridized carbons (Fsp3) is 0.125. The maximum atomic E-state index is 13.9. The van der Waals surface area contributed by atoms with E-state index in [0.717, 1.165) is 11.1 Å². The van der Waals surface area contributed by atoms with Crippen LogP contribution in [0, 0.1) is 11.8 Å². The summed E-state index contributed by atoms with van der Waals surface area (Å²) >= 11 is 0. The molecular formula is C32H24O6. The second kappa shape index (κ2) is 10.3. The van der Waals surface area contributed by atoms with E-state index in [1.54, 1.807) is 72.8 Å². The van der Waals surface area contributed by atoms with E-state index in [0.29, 0.717) is 11.1 Å². The predicted molar refractivity (Wildman–Crippen MR) is 141 cm³/mol. The zero-order valence-corrected chi connectivity index (χ0v) is 20.2. The lowest BCUT2D eigenvalue weighted by molar-refractivity contribution is 0.0456. The van der Waals surface area contributed by atoms with Gasteiger partial charge in [-0.2, -0.15) is 0 Å². The summed E-state index contributed by atoms with van der Waals surface area (Å²) < 4.78 is 0. The van der Waals surface area contributed by atoms with E-state index in [9.17, 15) is 29.4 Å². The molecule has 4 atom stereocenters. The number of Topliss-reactive ketones (excluding diaryl/α,β-unsaturated/α-hetero) is 2. The second-order valence-corrected chi connectivity index (χ2v) is 9.42. The zero-order chi connectivity index (χ0) is 26.8. The van der Waals surface area contributed by atoms with Crippen LogP contribution in [0.15, 0.2) is 109 Å². The Morgan fingerprint density at radius 1 is 0.421 bits per heavy atom. The van der Waals surface area contributed by atoms with Crippen molar-refractivity contribution in [1.29, 1.82) is 0 Å². The van der Waals surface area contributed by atoms with Crippen LogP contribution in [0.1, 0.15) is 64.4 Å². The van der Waals surface area contributed by atoms with Crippen LogP contribution in [0.2, 0.25) is 0 Å². The summed E-state index contributed by atoms with van der Waals surface area (Å²) in [6.45, 7) is 0. The first kappa shape index (κ1) is 24.8. The van der Waals surface area contributed by atoms with Gasteiger partial charge in [-0.15, -0.1) is 0 Å². The van der Waals surface area contributed by atoms with Crippen molar-refractivity contribution in [3.63, 3.8) is 0 Å². The second-order valence-electron chi connectivity index (χ2n) is 9.42. The Hall–Kier alpha value is -4.84. The fourth-order valence-electron chi connectivity index (χ4n) is 5.52. The first-order valence-corrected chi connectivity index (χ1v) is 12.2. The van der Waals surface area contributed by atoms with Gasteiger partial charge in [0.05, 0.1) is 11.1 Å². The van der Waals surface area contributed by atoms with Crippen molar-refractivity contribution in [1.82, 2.24) is 0 Å². The Labute approximate surface area is 219 Å². The maximum absolute atomic E-state index is 13.9. The van der Waals surface area contributed by atoms with Gasteiger partial charge in [0, 0.05) is 34.8 Å². The average Bonchev–Trinajstić information content (AvgIpc) is 2.94. The van der Waals surface area contributed by atoms with Gasteiger partial charge in [0.2, 0.25) is 0 Å². The average molecular weight is 505 g/mol. The number of carbonyl (C=O) groups is 4. The van der Waals surface area contributed by atoms with Gasteiger partial charge in [0.1, 0.15) is 0 Å². The highest BCUT2D eigenvalue weighted by atomic mass is 16.4. The van der Waals surface area contributed by atoms with Crippen molar-refractivity contribution in [2.24, 2.45) is 11.8 Å². The third-order valence-corrected chi connectivity index (χ3v) is 7.35. The lowest BCUT2D eigenvalue weighted by Gasteiger charge is -2.51. The Bertz CT molecular complexity index is 1370. The van der Waals surface area contributed by atoms with Crippen molar-refractivity contribution in [3.05, 3.63) is 143 Å². The molecule has 4 aromatic carbocycles. The largest absolute Gasteiger partial charge is 0.478 e. The van der Waals surface area contributed by atoms with Gasteiger partial charge in [-0.3, -0.25) is 9.59 Å². The Morgan fingerprint density at radius 3 is 1.03 bits per heavy atom. The van der Waals surface area contributed by atoms with Gasteiger partial charge in [0.15, 0.2) is 11.6 Å². The first-order chi connectivity index (χ1) is 18.4. The molecule has 188 valence electrons. The van der Waals surface area contributed by atoms with Crippen molar-refractivity contribution in [3.8, 4) is 0 Å². The molecule has 1 fully saturated rings. The summed E-state index contributed by atoms with van der Waals surface area (Å²) in [6.07, 6.45) is 0. The van der Waals surface area contributed by atoms with Gasteiger partial charge >= 0.3 is 11.9 Å². The van der Waals surface area contributed by atoms with Crippen molar-refractivity contribution < 1.29 is 29.4 Å². The van der Waals surface area contributed by atoms with E-state index < -0.39 is 35.6 Å². The molecule has 0 heterocycles. The minimum Gasteiger partial charge on any atom is -0.478 e. The Kier molecular flexibility index (Phi) is 6.71. The summed E-state index contributed by atoms with van der Waals surface area (Å²) in [4.78, 5) is 50.8. The highest BCUT2D eigenvalue weighted by molar-refractivity contribution is 6.07. The van der Waals surface area contributed by atoms with Crippen molar-refractivity contribution in [2.45, 2.75) is 11.8 Å². The van der Waals surface area contributed by atoms with E-state index in [1.165, 1.54) is 24.3 Å². The van der Waals surface area contributed by atoms with E-state index in [2.05, 4.69) is 0 Å². The molecule has 0 bridgehead atoms. The monoisotopic (exact) mass is 504 g/mol. The molecule has 0 aliphatic heterocycles. The zero-order valence-electron chi connectivity index (χ0n) is 20.2. The molecule has 5 rings (SSSR count). The molecule has 0 aromatic heterocycles. The number of hydrogen-bond donors (Lipinski definition) is 2. The molecular weight excluding hydrogens is 480 g/mol. The number of hydrogen-bond acceptors (Lipinski definition) is 4. The molecule has 1 saturated carbocycles. The molecule has 1 aliphatic carbocycles. The van der Waals surface area contributed by atoms with E-state index in [1.807, 2.05) is 12.1 Å². The topological polar surface area (TPSA) is 109 Å². The van der Waals surface area contributed by atoms with Crippen LogP contribution in [-0.4, -0.2) is 33.7 Å². The number of benzene rings is 4. The predicted octanol–water partition coefficient (Wildman–Crippen LogP) is 5.96. The SMILES string of the molecule is O=C(O)c1ccc(C2C(C(=O)c3ccccc3)[C@H](C(=O)c3ccccc3)[C@H]2c2ccc(C(=O)O)cc2)cc1. The Morgan fingerprint density at radius 2 is 0.737 bits per heavy atom. The number of carboxylic acid groups (broad SMARTS) is 2. The summed E-state index contributed by atoms with van der Waals surface area (Å²) in [5.74, 6) is -4.65. The van der Waals surface area contributed by atoms with E-state index >= 15 is 0 Å². The highest BCUT2D eigenvalue weighted by Gasteiger charge is 2.57. The molecule has 0 spiro atoms. The van der Waals surface area contributed by atoms with Gasteiger partial charge in [-0.1, -0.05) is 84.9 Å². The van der Waals surface area contributed by atoms with E-state index in [4.69, 9.17) is 0 Å². The van der Waals surface area contributed by atoms with Crippen LogP contribution in [0.25, 0.3) is 0 Å². The van der Waals surface area contributed by atoms with Crippen LogP contribution in [0.4, 0.5) is 0 Å². The van der Waals surface area contributed by atoms with Crippen LogP contribution in [0.5, 0.6) is 0 Å². The molecule has 2 unspecified atom stereocenters. The number of rotatable bonds is 8. The lowest BCUT2D eigenvalue weighted by Crippen LogP contribution is -2.51. The number of aromatic carboxylic acids is 2. The van der Waals surface area contributed by atoms with Gasteiger partial charge < -0.3 is 10.2 Å². The minimum atomic E-state index is -1.06. The maximum Gasteiger partial charge on any atom is 0.335 e. The van der Waals surface area contributed by atoms with Crippen LogP contribution < -0.4 is 0 Å². The first-order valence-electron chi connectivity index (χ1n) is 12.2.